The van der Waals surface area contributed by atoms with Gasteiger partial charge < -0.3 is 45.8 Å². The van der Waals surface area contributed by atoms with Crippen LogP contribution >= 0.6 is 15.6 Å². The zero-order valence-corrected chi connectivity index (χ0v) is 23.0. The highest BCUT2D eigenvalue weighted by atomic mass is 31.2. The van der Waals surface area contributed by atoms with Crippen molar-refractivity contribution in [3.8, 4) is 0 Å². The summed E-state index contributed by atoms with van der Waals surface area (Å²) in [6, 6.07) is 1.29. The van der Waals surface area contributed by atoms with E-state index in [9.17, 15) is 29.0 Å². The lowest BCUT2D eigenvalue weighted by molar-refractivity contribution is -0.0588. The van der Waals surface area contributed by atoms with Gasteiger partial charge in [-0.25, -0.2) is 28.9 Å². The lowest BCUT2D eigenvalue weighted by Crippen LogP contribution is -2.34. The van der Waals surface area contributed by atoms with Crippen LogP contribution in [-0.2, 0) is 32.2 Å². The molecule has 5 heterocycles. The molecule has 21 nitrogen and oxygen atoms in total. The number of nitrogens with two attached hydrogens (primary N) is 2. The van der Waals surface area contributed by atoms with Crippen molar-refractivity contribution in [3.63, 3.8) is 0 Å². The molecule has 2 fully saturated rings. The van der Waals surface area contributed by atoms with Crippen molar-refractivity contribution in [1.29, 1.82) is 0 Å². The normalized spacial score (nSPS) is 29.7. The average Bonchev–Trinajstić information content (AvgIpc) is 3.58. The van der Waals surface area contributed by atoms with Crippen molar-refractivity contribution < 1.29 is 57.1 Å². The van der Waals surface area contributed by atoms with Crippen LogP contribution in [0, 0.1) is 0 Å². The number of aliphatic hydroxyl groups excluding tert-OH is 2. The molecular formula is C19H26N8O13P2. The Bertz CT molecular complexity index is 1600. The summed E-state index contributed by atoms with van der Waals surface area (Å²) in [6.07, 6.45) is -6.12. The van der Waals surface area contributed by atoms with Gasteiger partial charge in [0.2, 0.25) is 0 Å². The fourth-order valence-electron chi connectivity index (χ4n) is 4.47. The summed E-state index contributed by atoms with van der Waals surface area (Å²) >= 11 is 0. The molecule has 230 valence electrons. The fraction of sp³-hybridized carbons (Fsp3) is 0.526. The molecule has 8 atom stereocenters. The number of hydrogen-bond donors (Lipinski definition) is 7. The van der Waals surface area contributed by atoms with E-state index >= 15 is 0 Å². The van der Waals surface area contributed by atoms with E-state index in [1.165, 1.54) is 29.5 Å². The van der Waals surface area contributed by atoms with Gasteiger partial charge in [-0.05, 0) is 6.07 Å². The number of nitrogen functional groups attached to an aromatic ring is 2. The van der Waals surface area contributed by atoms with Crippen molar-refractivity contribution in [2.45, 2.75) is 49.4 Å². The fourth-order valence-corrected chi connectivity index (χ4v) is 5.77. The van der Waals surface area contributed by atoms with Gasteiger partial charge in [-0.3, -0.25) is 22.7 Å². The number of aliphatic hydroxyl groups is 2. The maximum absolute atomic E-state index is 12.9. The second-order valence-corrected chi connectivity index (χ2v) is 11.9. The van der Waals surface area contributed by atoms with E-state index in [0.717, 1.165) is 4.57 Å². The molecule has 3 aromatic rings. The summed E-state index contributed by atoms with van der Waals surface area (Å²) in [4.78, 5) is 56.3. The van der Waals surface area contributed by atoms with Crippen LogP contribution in [0.1, 0.15) is 18.9 Å². The van der Waals surface area contributed by atoms with Crippen LogP contribution in [0.2, 0.25) is 0 Å². The molecular weight excluding hydrogens is 610 g/mol. The summed E-state index contributed by atoms with van der Waals surface area (Å²) in [5.41, 5.74) is 10.9. The zero-order valence-electron chi connectivity index (χ0n) is 21.2. The van der Waals surface area contributed by atoms with Gasteiger partial charge in [-0.15, -0.1) is 0 Å². The van der Waals surface area contributed by atoms with E-state index in [-0.39, 0.29) is 29.2 Å². The lowest BCUT2D eigenvalue weighted by Gasteiger charge is -2.22. The molecule has 2 saturated heterocycles. The van der Waals surface area contributed by atoms with Gasteiger partial charge in [-0.2, -0.15) is 4.98 Å². The molecule has 0 bridgehead atoms. The van der Waals surface area contributed by atoms with Gasteiger partial charge in [0.1, 0.15) is 54.4 Å². The number of rotatable bonds is 10. The number of anilines is 2. The predicted octanol–water partition coefficient (Wildman–Crippen LogP) is -2.23. The van der Waals surface area contributed by atoms with Crippen molar-refractivity contribution in [2.75, 3.05) is 24.7 Å². The summed E-state index contributed by atoms with van der Waals surface area (Å²) < 4.78 is 52.3. The number of aromatic nitrogens is 6. The van der Waals surface area contributed by atoms with Crippen molar-refractivity contribution in [3.05, 3.63) is 35.4 Å². The number of ether oxygens (including phenoxy) is 2. The number of hydrogen-bond acceptors (Lipinski definition) is 16. The van der Waals surface area contributed by atoms with Crippen LogP contribution in [0.25, 0.3) is 11.2 Å². The third-order valence-corrected chi connectivity index (χ3v) is 7.92. The van der Waals surface area contributed by atoms with Crippen LogP contribution in [0.3, 0.4) is 0 Å². The second kappa shape index (κ2) is 11.6. The minimum atomic E-state index is -4.99. The van der Waals surface area contributed by atoms with Crippen molar-refractivity contribution in [1.82, 2.24) is 29.1 Å². The summed E-state index contributed by atoms with van der Waals surface area (Å²) in [6.45, 7) is -1.53. The van der Waals surface area contributed by atoms with E-state index in [4.69, 9.17) is 39.8 Å². The highest BCUT2D eigenvalue weighted by Gasteiger charge is 2.47. The predicted molar refractivity (Wildman–Crippen MR) is 136 cm³/mol. The third kappa shape index (κ3) is 6.52. The smallest absolute Gasteiger partial charge is 0.387 e. The van der Waals surface area contributed by atoms with E-state index in [1.54, 1.807) is 0 Å². The number of fused-ring (bicyclic) bond motifs is 1. The van der Waals surface area contributed by atoms with Crippen molar-refractivity contribution >= 4 is 38.4 Å². The molecule has 3 aromatic heterocycles. The second-order valence-electron chi connectivity index (χ2n) is 9.23. The van der Waals surface area contributed by atoms with Crippen LogP contribution < -0.4 is 17.2 Å². The lowest BCUT2D eigenvalue weighted by atomic mass is 10.1. The maximum atomic E-state index is 12.9. The van der Waals surface area contributed by atoms with Crippen LogP contribution in [-0.4, -0.2) is 97.7 Å². The largest absolute Gasteiger partial charge is 0.472 e. The Morgan fingerprint density at radius 1 is 1.00 bits per heavy atom. The minimum Gasteiger partial charge on any atom is -0.387 e. The van der Waals surface area contributed by atoms with Gasteiger partial charge >= 0.3 is 21.3 Å². The molecule has 0 spiro atoms. The average molecular weight is 636 g/mol. The number of imidazole rings is 1. The standard InChI is InChI=1S/C19H26N8O13P2/c20-11-1-2-26(19(30)25-11)12-3-8(9(38-12)4-36-41(31,32)33)40-42(34,35)37-5-10-14(28)15(29)18(39-10)27-7-24-13-16(21)22-6-23-17(13)27/h1-2,6-10,12,14-15,18,28-29H,3-5H2,(H,34,35)(H2,20,25,30)(H2,21,22,23)(H2,31,32,33)/t8?,9-,10-,12-,14-,15-,18-/m1/s1. The topological polar surface area (TPSA) is 312 Å². The Morgan fingerprint density at radius 2 is 1.74 bits per heavy atom. The molecule has 5 rings (SSSR count). The Kier molecular flexibility index (Phi) is 8.47. The molecule has 2 aliphatic heterocycles. The molecule has 0 radical (unpaired) electrons. The first-order valence-electron chi connectivity index (χ1n) is 12.0. The SMILES string of the molecule is Nc1ccn([C@H]2CC(OP(=O)(O)OC[C@H]3O[C@@H](n4cnc5c(N)ncnc54)[C@H](O)[C@@H]3O)[C@@H](COP(=O)(O)O)O2)c(=O)n1. The Morgan fingerprint density at radius 3 is 2.45 bits per heavy atom. The van der Waals surface area contributed by atoms with Gasteiger partial charge in [0.15, 0.2) is 17.7 Å². The Hall–Kier alpha value is -2.91. The van der Waals surface area contributed by atoms with Gasteiger partial charge in [0.05, 0.1) is 19.5 Å². The van der Waals surface area contributed by atoms with E-state index in [2.05, 4.69) is 24.5 Å². The van der Waals surface area contributed by atoms with E-state index < -0.39 is 77.5 Å². The Balaban J connectivity index is 1.26. The molecule has 0 amide bonds. The summed E-state index contributed by atoms with van der Waals surface area (Å²) in [5, 5.41) is 21.1. The summed E-state index contributed by atoms with van der Waals surface area (Å²) in [5.74, 6) is 0.00388. The number of nitrogens with zero attached hydrogens (tertiary/aromatic N) is 6. The quantitative estimate of drug-likeness (QED) is 0.116. The van der Waals surface area contributed by atoms with Gasteiger partial charge in [0, 0.05) is 12.6 Å². The van der Waals surface area contributed by atoms with Crippen molar-refractivity contribution in [2.24, 2.45) is 0 Å². The number of phosphoric acid groups is 2. The first-order chi connectivity index (χ1) is 19.7. The first kappa shape index (κ1) is 30.5. The van der Waals surface area contributed by atoms with Crippen LogP contribution in [0.15, 0.2) is 29.7 Å². The monoisotopic (exact) mass is 636 g/mol. The zero-order chi connectivity index (χ0) is 30.4. The molecule has 0 aromatic carbocycles. The van der Waals surface area contributed by atoms with Crippen LogP contribution in [0.5, 0.6) is 0 Å². The molecule has 0 aliphatic carbocycles. The molecule has 23 heteroatoms. The van der Waals surface area contributed by atoms with Crippen LogP contribution in [0.4, 0.5) is 11.6 Å². The highest BCUT2D eigenvalue weighted by molar-refractivity contribution is 7.47. The van der Waals surface area contributed by atoms with E-state index in [0.29, 0.717) is 0 Å². The molecule has 0 saturated carbocycles. The summed E-state index contributed by atoms with van der Waals surface area (Å²) in [7, 11) is -9.96. The third-order valence-electron chi connectivity index (χ3n) is 6.42. The molecule has 9 N–H and O–H groups in total. The maximum Gasteiger partial charge on any atom is 0.472 e. The van der Waals surface area contributed by atoms with Gasteiger partial charge in [0.25, 0.3) is 0 Å². The molecule has 2 aliphatic rings. The van der Waals surface area contributed by atoms with Gasteiger partial charge in [-0.1, -0.05) is 0 Å². The molecule has 42 heavy (non-hydrogen) atoms. The molecule has 2 unspecified atom stereocenters. The minimum absolute atomic E-state index is 0.0704. The first-order valence-corrected chi connectivity index (χ1v) is 15.1. The highest BCUT2D eigenvalue weighted by Crippen LogP contribution is 2.49. The Labute approximate surface area is 234 Å². The van der Waals surface area contributed by atoms with E-state index in [1.807, 2.05) is 0 Å². The number of phosphoric ester groups is 2.